The molecule has 160 valence electrons. The lowest BCUT2D eigenvalue weighted by atomic mass is 10.1. The highest BCUT2D eigenvalue weighted by Crippen LogP contribution is 2.33. The monoisotopic (exact) mass is 425 g/mol. The molecular formula is C21H19N3O7. The molecule has 3 aromatic rings. The van der Waals surface area contributed by atoms with E-state index >= 15 is 0 Å². The van der Waals surface area contributed by atoms with Crippen molar-refractivity contribution in [2.75, 3.05) is 6.79 Å². The lowest BCUT2D eigenvalue weighted by Crippen LogP contribution is -2.28. The number of nitrogens with zero attached hydrogens (tertiary/aromatic N) is 3. The summed E-state index contributed by atoms with van der Waals surface area (Å²) in [5, 5.41) is 16.2. The van der Waals surface area contributed by atoms with E-state index in [2.05, 4.69) is 5.10 Å². The Balaban J connectivity index is 1.70. The largest absolute Gasteiger partial charge is 0.467 e. The standard InChI is InChI=1S/C21H19N3O7/c1-12(2)23-20(25)17-6-4-3-5-16(17)18(22-23)21(26)30-10-14-8-15(24(27)28)7-13-9-29-11-31-19(13)14/h3-8,12H,9-11H2,1-2H3. The third-order valence-corrected chi connectivity index (χ3v) is 4.85. The predicted octanol–water partition coefficient (Wildman–Crippen LogP) is 3.11. The van der Waals surface area contributed by atoms with Crippen LogP contribution in [0.1, 0.15) is 41.5 Å². The molecule has 2 aromatic carbocycles. The number of hydrogen-bond donors (Lipinski definition) is 0. The first-order chi connectivity index (χ1) is 14.9. The Labute approximate surface area is 176 Å². The molecule has 4 rings (SSSR count). The van der Waals surface area contributed by atoms with Crippen LogP contribution >= 0.6 is 0 Å². The molecule has 0 unspecified atom stereocenters. The van der Waals surface area contributed by atoms with Crippen molar-refractivity contribution in [1.82, 2.24) is 9.78 Å². The van der Waals surface area contributed by atoms with Crippen LogP contribution in [0.2, 0.25) is 0 Å². The Morgan fingerprint density at radius 2 is 2.03 bits per heavy atom. The molecule has 10 heteroatoms. The summed E-state index contributed by atoms with van der Waals surface area (Å²) in [7, 11) is 0. The molecule has 0 saturated carbocycles. The lowest BCUT2D eigenvalue weighted by Gasteiger charge is -2.20. The summed E-state index contributed by atoms with van der Waals surface area (Å²) in [5.41, 5.74) is 0.386. The van der Waals surface area contributed by atoms with E-state index in [-0.39, 0.29) is 43.0 Å². The normalized spacial score (nSPS) is 13.0. The summed E-state index contributed by atoms with van der Waals surface area (Å²) in [6.45, 7) is 3.46. The van der Waals surface area contributed by atoms with E-state index in [0.29, 0.717) is 27.6 Å². The number of nitro groups is 1. The van der Waals surface area contributed by atoms with E-state index in [1.165, 1.54) is 16.8 Å². The van der Waals surface area contributed by atoms with Crippen molar-refractivity contribution in [3.63, 3.8) is 0 Å². The van der Waals surface area contributed by atoms with Gasteiger partial charge in [-0.05, 0) is 19.9 Å². The quantitative estimate of drug-likeness (QED) is 0.347. The van der Waals surface area contributed by atoms with Gasteiger partial charge < -0.3 is 14.2 Å². The fourth-order valence-corrected chi connectivity index (χ4v) is 3.41. The van der Waals surface area contributed by atoms with Gasteiger partial charge in [0, 0.05) is 28.6 Å². The van der Waals surface area contributed by atoms with Gasteiger partial charge in [0.1, 0.15) is 12.4 Å². The Morgan fingerprint density at radius 3 is 2.74 bits per heavy atom. The van der Waals surface area contributed by atoms with Crippen LogP contribution in [0.3, 0.4) is 0 Å². The number of aromatic nitrogens is 2. The lowest BCUT2D eigenvalue weighted by molar-refractivity contribution is -0.385. The van der Waals surface area contributed by atoms with Gasteiger partial charge in [-0.3, -0.25) is 14.9 Å². The molecule has 0 amide bonds. The average molecular weight is 425 g/mol. The van der Waals surface area contributed by atoms with Gasteiger partial charge in [-0.25, -0.2) is 9.48 Å². The van der Waals surface area contributed by atoms with Crippen LogP contribution in [-0.2, 0) is 22.7 Å². The molecule has 2 heterocycles. The van der Waals surface area contributed by atoms with E-state index < -0.39 is 10.9 Å². The summed E-state index contributed by atoms with van der Waals surface area (Å²) in [4.78, 5) is 36.3. The summed E-state index contributed by atoms with van der Waals surface area (Å²) in [6, 6.07) is 9.07. The van der Waals surface area contributed by atoms with E-state index in [9.17, 15) is 19.7 Å². The van der Waals surface area contributed by atoms with Gasteiger partial charge >= 0.3 is 5.97 Å². The maximum Gasteiger partial charge on any atom is 0.359 e. The molecule has 0 bridgehead atoms. The second kappa shape index (κ2) is 8.15. The molecule has 1 aliphatic rings. The predicted molar refractivity (Wildman–Crippen MR) is 109 cm³/mol. The molecule has 1 aliphatic heterocycles. The fourth-order valence-electron chi connectivity index (χ4n) is 3.41. The Kier molecular flexibility index (Phi) is 5.38. The molecule has 0 fully saturated rings. The zero-order valence-corrected chi connectivity index (χ0v) is 16.9. The molecule has 1 aromatic heterocycles. The minimum Gasteiger partial charge on any atom is -0.467 e. The van der Waals surface area contributed by atoms with Gasteiger partial charge in [0.05, 0.1) is 23.0 Å². The van der Waals surface area contributed by atoms with E-state index in [4.69, 9.17) is 14.2 Å². The van der Waals surface area contributed by atoms with Crippen LogP contribution in [0.4, 0.5) is 5.69 Å². The topological polar surface area (TPSA) is 123 Å². The van der Waals surface area contributed by atoms with E-state index in [1.54, 1.807) is 38.1 Å². The Bertz CT molecular complexity index is 1250. The summed E-state index contributed by atoms with van der Waals surface area (Å²) in [6.07, 6.45) is 0. The van der Waals surface area contributed by atoms with Crippen molar-refractivity contribution in [1.29, 1.82) is 0 Å². The second-order valence-electron chi connectivity index (χ2n) is 7.27. The van der Waals surface area contributed by atoms with Gasteiger partial charge in [0.2, 0.25) is 0 Å². The smallest absolute Gasteiger partial charge is 0.359 e. The molecule has 0 atom stereocenters. The maximum absolute atomic E-state index is 12.9. The molecule has 0 saturated heterocycles. The van der Waals surface area contributed by atoms with Gasteiger partial charge in [-0.1, -0.05) is 18.2 Å². The number of ether oxygens (including phenoxy) is 3. The first-order valence-corrected chi connectivity index (χ1v) is 9.56. The molecule has 0 aliphatic carbocycles. The number of benzene rings is 2. The number of non-ortho nitro benzene ring substituents is 1. The van der Waals surface area contributed by atoms with Crippen LogP contribution in [0, 0.1) is 10.1 Å². The van der Waals surface area contributed by atoms with Crippen LogP contribution in [0.5, 0.6) is 5.75 Å². The van der Waals surface area contributed by atoms with Gasteiger partial charge in [0.25, 0.3) is 11.2 Å². The van der Waals surface area contributed by atoms with Gasteiger partial charge in [-0.15, -0.1) is 0 Å². The minimum absolute atomic E-state index is 0.00268. The summed E-state index contributed by atoms with van der Waals surface area (Å²) >= 11 is 0. The second-order valence-corrected chi connectivity index (χ2v) is 7.27. The van der Waals surface area contributed by atoms with Crippen LogP contribution in [0.15, 0.2) is 41.2 Å². The van der Waals surface area contributed by atoms with Crippen LogP contribution < -0.4 is 10.3 Å². The number of fused-ring (bicyclic) bond motifs is 2. The third-order valence-electron chi connectivity index (χ3n) is 4.85. The molecule has 0 spiro atoms. The maximum atomic E-state index is 12.9. The minimum atomic E-state index is -0.752. The highest BCUT2D eigenvalue weighted by atomic mass is 16.7. The number of hydrogen-bond acceptors (Lipinski definition) is 8. The average Bonchev–Trinajstić information content (AvgIpc) is 2.77. The van der Waals surface area contributed by atoms with Crippen molar-refractivity contribution in [3.05, 3.63) is 73.7 Å². The van der Waals surface area contributed by atoms with Crippen molar-refractivity contribution in [3.8, 4) is 5.75 Å². The van der Waals surface area contributed by atoms with E-state index in [1.807, 2.05) is 0 Å². The van der Waals surface area contributed by atoms with Crippen molar-refractivity contribution in [2.45, 2.75) is 33.1 Å². The van der Waals surface area contributed by atoms with Gasteiger partial charge in [-0.2, -0.15) is 5.10 Å². The molecule has 0 radical (unpaired) electrons. The van der Waals surface area contributed by atoms with Crippen molar-refractivity contribution < 1.29 is 23.9 Å². The van der Waals surface area contributed by atoms with Crippen molar-refractivity contribution >= 4 is 22.4 Å². The number of carbonyl (C=O) groups is 1. The molecule has 10 nitrogen and oxygen atoms in total. The van der Waals surface area contributed by atoms with Crippen molar-refractivity contribution in [2.24, 2.45) is 0 Å². The van der Waals surface area contributed by atoms with Crippen LogP contribution in [0.25, 0.3) is 10.8 Å². The number of esters is 1. The molecular weight excluding hydrogens is 406 g/mol. The fraction of sp³-hybridized carbons (Fsp3) is 0.286. The highest BCUT2D eigenvalue weighted by molar-refractivity contribution is 6.02. The van der Waals surface area contributed by atoms with Crippen LogP contribution in [-0.4, -0.2) is 27.5 Å². The zero-order chi connectivity index (χ0) is 22.1. The Hall–Kier alpha value is -3.79. The first-order valence-electron chi connectivity index (χ1n) is 9.56. The zero-order valence-electron chi connectivity index (χ0n) is 16.9. The summed E-state index contributed by atoms with van der Waals surface area (Å²) < 4.78 is 17.3. The SMILES string of the molecule is CC(C)n1nc(C(=O)OCc2cc([N+](=O)[O-])cc3c2OCOC3)c2ccccc2c1=O. The first kappa shape index (κ1) is 20.5. The number of carbonyl (C=O) groups excluding carboxylic acids is 1. The Morgan fingerprint density at radius 1 is 1.29 bits per heavy atom. The molecule has 0 N–H and O–H groups in total. The molecule has 31 heavy (non-hydrogen) atoms. The van der Waals surface area contributed by atoms with Gasteiger partial charge in [0.15, 0.2) is 12.5 Å². The number of rotatable bonds is 5. The van der Waals surface area contributed by atoms with E-state index in [0.717, 1.165) is 0 Å². The number of nitro benzene ring substituents is 1. The third kappa shape index (κ3) is 3.84. The summed E-state index contributed by atoms with van der Waals surface area (Å²) in [5.74, 6) is -0.354. The highest BCUT2D eigenvalue weighted by Gasteiger charge is 2.24.